The quantitative estimate of drug-likeness (QED) is 0.734. The van der Waals surface area contributed by atoms with E-state index in [1.54, 1.807) is 0 Å². The second-order valence-corrected chi connectivity index (χ2v) is 5.62. The number of fused-ring (bicyclic) bond motifs is 2. The molecule has 0 heterocycles. The van der Waals surface area contributed by atoms with Gasteiger partial charge in [-0.2, -0.15) is 0 Å². The minimum Gasteiger partial charge on any atom is -0.392 e. The highest BCUT2D eigenvalue weighted by Gasteiger charge is 2.43. The molecule has 0 aliphatic heterocycles. The zero-order valence-corrected chi connectivity index (χ0v) is 10.6. The lowest BCUT2D eigenvalue weighted by molar-refractivity contribution is -0.126. The molecule has 2 rings (SSSR count). The molecule has 16 heavy (non-hydrogen) atoms. The minimum atomic E-state index is -0.123. The van der Waals surface area contributed by atoms with Crippen LogP contribution in [0.15, 0.2) is 0 Å². The Hall–Kier alpha value is -0.640. The molecule has 0 aromatic rings. The maximum absolute atomic E-state index is 12.1. The Morgan fingerprint density at radius 3 is 2.69 bits per heavy atom. The number of thiocarbonyl (C=S) groups is 1. The fourth-order valence-corrected chi connectivity index (χ4v) is 3.44. The van der Waals surface area contributed by atoms with Gasteiger partial charge in [0.05, 0.1) is 11.0 Å². The second-order valence-electron chi connectivity index (χ2n) is 5.15. The Balaban J connectivity index is 1.90. The minimum absolute atomic E-state index is 0.123. The third-order valence-electron chi connectivity index (χ3n) is 4.14. The number of rotatable bonds is 4. The standard InChI is InChI=1S/C12H20N2OS/c1-2-10(11(13)16)14-12(15)9-6-7-3-4-8(9)5-7/h7-10H,2-6H2,1H3,(H2,13,16)(H,14,15). The van der Waals surface area contributed by atoms with Gasteiger partial charge in [-0.1, -0.05) is 25.6 Å². The van der Waals surface area contributed by atoms with Crippen molar-refractivity contribution in [2.24, 2.45) is 23.5 Å². The van der Waals surface area contributed by atoms with E-state index in [1.165, 1.54) is 19.3 Å². The summed E-state index contributed by atoms with van der Waals surface area (Å²) >= 11 is 4.94. The van der Waals surface area contributed by atoms with Gasteiger partial charge in [-0.25, -0.2) is 0 Å². The molecule has 1 amide bonds. The maximum Gasteiger partial charge on any atom is 0.223 e. The molecule has 3 nitrogen and oxygen atoms in total. The molecule has 0 aromatic carbocycles. The molecule has 2 fully saturated rings. The molecule has 90 valence electrons. The van der Waals surface area contributed by atoms with Crippen LogP contribution in [0.4, 0.5) is 0 Å². The van der Waals surface area contributed by atoms with Crippen molar-refractivity contribution in [3.63, 3.8) is 0 Å². The van der Waals surface area contributed by atoms with Crippen molar-refractivity contribution in [1.82, 2.24) is 5.32 Å². The van der Waals surface area contributed by atoms with Gasteiger partial charge >= 0.3 is 0 Å². The molecule has 4 unspecified atom stereocenters. The molecular weight excluding hydrogens is 220 g/mol. The zero-order valence-electron chi connectivity index (χ0n) is 9.74. The lowest BCUT2D eigenvalue weighted by Gasteiger charge is -2.23. The summed E-state index contributed by atoms with van der Waals surface area (Å²) in [6.45, 7) is 1.99. The van der Waals surface area contributed by atoms with E-state index in [2.05, 4.69) is 5.32 Å². The van der Waals surface area contributed by atoms with Gasteiger partial charge in [-0.05, 0) is 37.5 Å². The maximum atomic E-state index is 12.1. The second kappa shape index (κ2) is 4.70. The molecule has 0 saturated heterocycles. The largest absolute Gasteiger partial charge is 0.392 e. The van der Waals surface area contributed by atoms with Crippen molar-refractivity contribution in [3.8, 4) is 0 Å². The summed E-state index contributed by atoms with van der Waals surface area (Å²) in [4.78, 5) is 12.5. The van der Waals surface area contributed by atoms with Crippen molar-refractivity contribution in [3.05, 3.63) is 0 Å². The molecule has 3 N–H and O–H groups in total. The molecule has 0 radical (unpaired) electrons. The van der Waals surface area contributed by atoms with Crippen LogP contribution >= 0.6 is 12.2 Å². The normalized spacial score (nSPS) is 33.7. The number of nitrogens with one attached hydrogen (secondary N) is 1. The van der Waals surface area contributed by atoms with E-state index < -0.39 is 0 Å². The average Bonchev–Trinajstić information content (AvgIpc) is 2.86. The highest BCUT2D eigenvalue weighted by Crippen LogP contribution is 2.48. The topological polar surface area (TPSA) is 55.1 Å². The summed E-state index contributed by atoms with van der Waals surface area (Å²) in [7, 11) is 0. The SMILES string of the molecule is CCC(NC(=O)C1CC2CCC1C2)C(N)=S. The van der Waals surface area contributed by atoms with E-state index in [-0.39, 0.29) is 17.9 Å². The van der Waals surface area contributed by atoms with Crippen LogP contribution in [0.3, 0.4) is 0 Å². The molecule has 2 aliphatic rings. The number of carbonyl (C=O) groups excluding carboxylic acids is 1. The number of hydrogen-bond donors (Lipinski definition) is 2. The number of amides is 1. The van der Waals surface area contributed by atoms with Gasteiger partial charge in [0.15, 0.2) is 0 Å². The Bertz CT molecular complexity index is 305. The Kier molecular flexibility index (Phi) is 3.47. The van der Waals surface area contributed by atoms with Crippen LogP contribution < -0.4 is 11.1 Å². The van der Waals surface area contributed by atoms with Crippen LogP contribution in [0.5, 0.6) is 0 Å². The highest BCUT2D eigenvalue weighted by molar-refractivity contribution is 7.80. The van der Waals surface area contributed by atoms with Crippen molar-refractivity contribution < 1.29 is 4.79 Å². The summed E-state index contributed by atoms with van der Waals surface area (Å²) in [6, 6.07) is -0.123. The van der Waals surface area contributed by atoms with Crippen LogP contribution in [-0.2, 0) is 4.79 Å². The molecule has 2 aliphatic carbocycles. The molecule has 0 aromatic heterocycles. The Morgan fingerprint density at radius 1 is 1.50 bits per heavy atom. The van der Waals surface area contributed by atoms with Crippen LogP contribution in [0, 0.1) is 17.8 Å². The average molecular weight is 240 g/mol. The number of hydrogen-bond acceptors (Lipinski definition) is 2. The summed E-state index contributed by atoms with van der Waals surface area (Å²) in [6.07, 6.45) is 5.65. The summed E-state index contributed by atoms with van der Waals surface area (Å²) in [5.74, 6) is 1.81. The predicted octanol–water partition coefficient (Wildman–Crippen LogP) is 1.60. The summed E-state index contributed by atoms with van der Waals surface area (Å²) < 4.78 is 0. The van der Waals surface area contributed by atoms with Gasteiger partial charge in [0.2, 0.25) is 5.91 Å². The zero-order chi connectivity index (χ0) is 11.7. The van der Waals surface area contributed by atoms with Gasteiger partial charge in [-0.15, -0.1) is 0 Å². The Morgan fingerprint density at radius 2 is 2.25 bits per heavy atom. The lowest BCUT2D eigenvalue weighted by Crippen LogP contribution is -2.46. The molecule has 4 heteroatoms. The van der Waals surface area contributed by atoms with Gasteiger partial charge < -0.3 is 11.1 Å². The lowest BCUT2D eigenvalue weighted by atomic mass is 9.88. The third-order valence-corrected chi connectivity index (χ3v) is 4.43. The Labute approximate surface area is 102 Å². The van der Waals surface area contributed by atoms with Gasteiger partial charge in [0.25, 0.3) is 0 Å². The van der Waals surface area contributed by atoms with Crippen LogP contribution in [0.1, 0.15) is 39.0 Å². The van der Waals surface area contributed by atoms with Crippen molar-refractivity contribution >= 4 is 23.1 Å². The summed E-state index contributed by atoms with van der Waals surface area (Å²) in [5.41, 5.74) is 5.59. The van der Waals surface area contributed by atoms with E-state index in [9.17, 15) is 4.79 Å². The third kappa shape index (κ3) is 2.21. The fourth-order valence-electron chi connectivity index (χ4n) is 3.22. The monoisotopic (exact) mass is 240 g/mol. The van der Waals surface area contributed by atoms with Gasteiger partial charge in [-0.3, -0.25) is 4.79 Å². The molecular formula is C12H20N2OS. The van der Waals surface area contributed by atoms with Crippen molar-refractivity contribution in [2.45, 2.75) is 45.1 Å². The summed E-state index contributed by atoms with van der Waals surface area (Å²) in [5, 5.41) is 2.99. The predicted molar refractivity (Wildman–Crippen MR) is 67.9 cm³/mol. The smallest absolute Gasteiger partial charge is 0.223 e. The molecule has 0 spiro atoms. The number of nitrogens with two attached hydrogens (primary N) is 1. The van der Waals surface area contributed by atoms with E-state index in [0.717, 1.165) is 18.8 Å². The fraction of sp³-hybridized carbons (Fsp3) is 0.833. The van der Waals surface area contributed by atoms with E-state index in [1.807, 2.05) is 6.92 Å². The van der Waals surface area contributed by atoms with E-state index in [0.29, 0.717) is 10.9 Å². The van der Waals surface area contributed by atoms with E-state index >= 15 is 0 Å². The van der Waals surface area contributed by atoms with Crippen LogP contribution in [0.25, 0.3) is 0 Å². The van der Waals surface area contributed by atoms with Crippen LogP contribution in [-0.4, -0.2) is 16.9 Å². The first kappa shape index (κ1) is 11.8. The van der Waals surface area contributed by atoms with Crippen LogP contribution in [0.2, 0.25) is 0 Å². The van der Waals surface area contributed by atoms with Crippen molar-refractivity contribution in [2.75, 3.05) is 0 Å². The first-order chi connectivity index (χ1) is 7.61. The first-order valence-corrected chi connectivity index (χ1v) is 6.62. The molecule has 4 atom stereocenters. The number of carbonyl (C=O) groups is 1. The highest BCUT2D eigenvalue weighted by atomic mass is 32.1. The van der Waals surface area contributed by atoms with Crippen molar-refractivity contribution in [1.29, 1.82) is 0 Å². The molecule has 2 saturated carbocycles. The van der Waals surface area contributed by atoms with E-state index in [4.69, 9.17) is 18.0 Å². The first-order valence-electron chi connectivity index (χ1n) is 6.21. The van der Waals surface area contributed by atoms with Gasteiger partial charge in [0, 0.05) is 5.92 Å². The molecule has 2 bridgehead atoms. The van der Waals surface area contributed by atoms with Gasteiger partial charge in [0.1, 0.15) is 0 Å².